The molecule has 1 aromatic carbocycles. The Bertz CT molecular complexity index is 330. The molecule has 0 spiro atoms. The molecule has 2 nitrogen and oxygen atoms in total. The van der Waals surface area contributed by atoms with Crippen LogP contribution in [0.5, 0.6) is 5.75 Å². The van der Waals surface area contributed by atoms with Crippen molar-refractivity contribution < 1.29 is 13.5 Å². The lowest BCUT2D eigenvalue weighted by atomic mass is 10.1. The zero-order valence-corrected chi connectivity index (χ0v) is 9.89. The van der Waals surface area contributed by atoms with Gasteiger partial charge in [-0.25, -0.2) is 8.78 Å². The average molecular weight is 229 g/mol. The Morgan fingerprint density at radius 3 is 2.19 bits per heavy atom. The largest absolute Gasteiger partial charge is 0.497 e. The van der Waals surface area contributed by atoms with Crippen molar-refractivity contribution in [2.45, 2.75) is 12.8 Å². The van der Waals surface area contributed by atoms with E-state index in [0.29, 0.717) is 6.42 Å². The normalized spacial score (nSPS) is 10.9. The molecule has 1 rings (SSSR count). The van der Waals surface area contributed by atoms with Crippen LogP contribution < -0.4 is 4.74 Å². The first-order valence-electron chi connectivity index (χ1n) is 5.21. The second-order valence-electron chi connectivity index (χ2n) is 3.98. The molecule has 1 aromatic rings. The van der Waals surface area contributed by atoms with Crippen LogP contribution in [0.4, 0.5) is 8.78 Å². The number of nitrogens with zero attached hydrogens (tertiary/aromatic N) is 1. The maximum atomic E-state index is 13.5. The molecule has 0 amide bonds. The molecule has 0 radical (unpaired) electrons. The fraction of sp³-hybridized carbons (Fsp3) is 0.500. The summed E-state index contributed by atoms with van der Waals surface area (Å²) in [6, 6.07) is 2.43. The van der Waals surface area contributed by atoms with Crippen molar-refractivity contribution in [2.24, 2.45) is 0 Å². The predicted octanol–water partition coefficient (Wildman–Crippen LogP) is 2.47. The monoisotopic (exact) mass is 229 g/mol. The number of methoxy groups -OCH3 is 1. The maximum absolute atomic E-state index is 13.5. The first kappa shape index (κ1) is 12.9. The van der Waals surface area contributed by atoms with Gasteiger partial charge in [0.2, 0.25) is 0 Å². The Labute approximate surface area is 94.8 Å². The van der Waals surface area contributed by atoms with Crippen LogP contribution in [0.1, 0.15) is 12.0 Å². The van der Waals surface area contributed by atoms with Crippen molar-refractivity contribution in [3.8, 4) is 5.75 Å². The summed E-state index contributed by atoms with van der Waals surface area (Å²) in [7, 11) is 5.25. The Hall–Kier alpha value is -1.16. The van der Waals surface area contributed by atoms with Gasteiger partial charge in [0, 0.05) is 17.7 Å². The van der Waals surface area contributed by atoms with Crippen molar-refractivity contribution >= 4 is 0 Å². The molecule has 0 bridgehead atoms. The van der Waals surface area contributed by atoms with Crippen LogP contribution in [-0.4, -0.2) is 32.6 Å². The van der Waals surface area contributed by atoms with Gasteiger partial charge in [-0.05, 0) is 33.5 Å². The van der Waals surface area contributed by atoms with Crippen molar-refractivity contribution in [1.29, 1.82) is 0 Å². The van der Waals surface area contributed by atoms with Crippen LogP contribution in [0.3, 0.4) is 0 Å². The molecule has 0 aliphatic heterocycles. The Morgan fingerprint density at radius 2 is 1.75 bits per heavy atom. The topological polar surface area (TPSA) is 12.5 Å². The number of hydrogen-bond donors (Lipinski definition) is 0. The minimum absolute atomic E-state index is 0.141. The van der Waals surface area contributed by atoms with E-state index < -0.39 is 11.6 Å². The number of rotatable bonds is 5. The Kier molecular flexibility index (Phi) is 4.68. The molecular weight excluding hydrogens is 212 g/mol. The van der Waals surface area contributed by atoms with Gasteiger partial charge in [-0.15, -0.1) is 0 Å². The fourth-order valence-electron chi connectivity index (χ4n) is 1.51. The molecule has 0 saturated carbocycles. The van der Waals surface area contributed by atoms with Crippen molar-refractivity contribution in [1.82, 2.24) is 4.90 Å². The van der Waals surface area contributed by atoms with E-state index >= 15 is 0 Å². The zero-order valence-electron chi connectivity index (χ0n) is 9.89. The quantitative estimate of drug-likeness (QED) is 0.769. The second-order valence-corrected chi connectivity index (χ2v) is 3.98. The van der Waals surface area contributed by atoms with E-state index in [-0.39, 0.29) is 11.3 Å². The van der Waals surface area contributed by atoms with Gasteiger partial charge >= 0.3 is 0 Å². The number of benzene rings is 1. The first-order chi connectivity index (χ1) is 7.54. The molecule has 0 unspecified atom stereocenters. The van der Waals surface area contributed by atoms with E-state index in [0.717, 1.165) is 13.0 Å². The van der Waals surface area contributed by atoms with E-state index in [4.69, 9.17) is 4.74 Å². The van der Waals surface area contributed by atoms with Crippen LogP contribution in [0.2, 0.25) is 0 Å². The maximum Gasteiger partial charge on any atom is 0.133 e. The number of halogens is 2. The summed E-state index contributed by atoms with van der Waals surface area (Å²) in [5.41, 5.74) is 0.141. The molecule has 0 atom stereocenters. The third-order valence-corrected chi connectivity index (χ3v) is 2.38. The lowest BCUT2D eigenvalue weighted by molar-refractivity contribution is 0.392. The molecule has 0 fully saturated rings. The highest BCUT2D eigenvalue weighted by Crippen LogP contribution is 2.21. The van der Waals surface area contributed by atoms with Crippen LogP contribution >= 0.6 is 0 Å². The lowest BCUT2D eigenvalue weighted by Crippen LogP contribution is -2.14. The highest BCUT2D eigenvalue weighted by atomic mass is 19.1. The van der Waals surface area contributed by atoms with Crippen molar-refractivity contribution in [2.75, 3.05) is 27.7 Å². The number of hydrogen-bond acceptors (Lipinski definition) is 2. The Morgan fingerprint density at radius 1 is 1.19 bits per heavy atom. The van der Waals surface area contributed by atoms with Crippen molar-refractivity contribution in [3.05, 3.63) is 29.3 Å². The van der Waals surface area contributed by atoms with Gasteiger partial charge in [0.1, 0.15) is 17.4 Å². The molecule has 0 aliphatic rings. The van der Waals surface area contributed by atoms with Crippen LogP contribution in [0.25, 0.3) is 0 Å². The lowest BCUT2D eigenvalue weighted by Gasteiger charge is -2.10. The number of ether oxygens (including phenoxy) is 1. The summed E-state index contributed by atoms with van der Waals surface area (Å²) in [6.45, 7) is 0.810. The minimum atomic E-state index is -0.532. The van der Waals surface area contributed by atoms with Crippen LogP contribution in [0, 0.1) is 11.6 Å². The highest BCUT2D eigenvalue weighted by Gasteiger charge is 2.11. The van der Waals surface area contributed by atoms with E-state index in [9.17, 15) is 8.78 Å². The van der Waals surface area contributed by atoms with Gasteiger partial charge in [-0.1, -0.05) is 0 Å². The third kappa shape index (κ3) is 3.45. The molecular formula is C12H17F2NO. The molecule has 0 N–H and O–H groups in total. The van der Waals surface area contributed by atoms with E-state index in [2.05, 4.69) is 0 Å². The first-order valence-corrected chi connectivity index (χ1v) is 5.21. The van der Waals surface area contributed by atoms with E-state index in [1.165, 1.54) is 19.2 Å². The van der Waals surface area contributed by atoms with Gasteiger partial charge in [0.15, 0.2) is 0 Å². The summed E-state index contributed by atoms with van der Waals surface area (Å²) in [5.74, 6) is -0.849. The second kappa shape index (κ2) is 5.80. The molecule has 90 valence electrons. The molecule has 0 aromatic heterocycles. The van der Waals surface area contributed by atoms with Crippen LogP contribution in [0.15, 0.2) is 12.1 Å². The van der Waals surface area contributed by atoms with Gasteiger partial charge in [-0.2, -0.15) is 0 Å². The van der Waals surface area contributed by atoms with Crippen molar-refractivity contribution in [3.63, 3.8) is 0 Å². The Balaban J connectivity index is 2.72. The molecule has 0 heterocycles. The summed E-state index contributed by atoms with van der Waals surface area (Å²) in [5, 5.41) is 0. The summed E-state index contributed by atoms with van der Waals surface area (Å²) >= 11 is 0. The molecule has 0 aliphatic carbocycles. The van der Waals surface area contributed by atoms with Gasteiger partial charge < -0.3 is 9.64 Å². The zero-order chi connectivity index (χ0) is 12.1. The minimum Gasteiger partial charge on any atom is -0.497 e. The molecule has 16 heavy (non-hydrogen) atoms. The summed E-state index contributed by atoms with van der Waals surface area (Å²) < 4.78 is 31.8. The van der Waals surface area contributed by atoms with Gasteiger partial charge in [0.25, 0.3) is 0 Å². The summed E-state index contributed by atoms with van der Waals surface area (Å²) in [6.07, 6.45) is 1.13. The van der Waals surface area contributed by atoms with Gasteiger partial charge in [0.05, 0.1) is 7.11 Å². The summed E-state index contributed by atoms with van der Waals surface area (Å²) in [4.78, 5) is 1.99. The molecule has 4 heteroatoms. The standard InChI is InChI=1S/C12H17F2NO/c1-15(2)6-4-5-10-11(13)7-9(16-3)8-12(10)14/h7-8H,4-6H2,1-3H3. The average Bonchev–Trinajstić information content (AvgIpc) is 2.21. The molecule has 0 saturated heterocycles. The van der Waals surface area contributed by atoms with E-state index in [1.807, 2.05) is 19.0 Å². The predicted molar refractivity (Wildman–Crippen MR) is 59.8 cm³/mol. The van der Waals surface area contributed by atoms with Gasteiger partial charge in [-0.3, -0.25) is 0 Å². The SMILES string of the molecule is COc1cc(F)c(CCCN(C)C)c(F)c1. The fourth-order valence-corrected chi connectivity index (χ4v) is 1.51. The van der Waals surface area contributed by atoms with E-state index in [1.54, 1.807) is 0 Å². The van der Waals surface area contributed by atoms with Crippen LogP contribution in [-0.2, 0) is 6.42 Å². The highest BCUT2D eigenvalue weighted by molar-refractivity contribution is 5.30. The third-order valence-electron chi connectivity index (χ3n) is 2.38. The smallest absolute Gasteiger partial charge is 0.133 e.